The summed E-state index contributed by atoms with van der Waals surface area (Å²) in [6.45, 7) is 2.60. The van der Waals surface area contributed by atoms with Crippen molar-refractivity contribution in [2.24, 2.45) is 0 Å². The van der Waals surface area contributed by atoms with Crippen LogP contribution >= 0.6 is 10.9 Å². The molecule has 0 aliphatic carbocycles. The summed E-state index contributed by atoms with van der Waals surface area (Å²) in [4.78, 5) is 32.7. The zero-order chi connectivity index (χ0) is 34.8. The molecule has 0 amide bonds. The first-order chi connectivity index (χ1) is 23.5. The van der Waals surface area contributed by atoms with Crippen molar-refractivity contribution in [3.05, 3.63) is 60.7 Å². The van der Waals surface area contributed by atoms with E-state index in [0.29, 0.717) is 17.0 Å². The number of aliphatic hydroxyl groups is 1. The Kier molecular flexibility index (Phi) is 10.2. The highest BCUT2D eigenvalue weighted by Gasteiger charge is 2.52. The van der Waals surface area contributed by atoms with Gasteiger partial charge in [0, 0.05) is 55.5 Å². The Bertz CT molecular complexity index is 1780. The summed E-state index contributed by atoms with van der Waals surface area (Å²) in [6, 6.07) is 0.0931. The van der Waals surface area contributed by atoms with Crippen molar-refractivity contribution in [3.63, 3.8) is 0 Å². The molecule has 19 heteroatoms. The molecular weight excluding hydrogens is 673 g/mol. The molecule has 0 radical (unpaired) electrons. The van der Waals surface area contributed by atoms with Crippen molar-refractivity contribution in [1.29, 1.82) is 0 Å². The number of rotatable bonds is 9. The van der Waals surface area contributed by atoms with Crippen LogP contribution in [0.3, 0.4) is 0 Å². The molecule has 0 bridgehead atoms. The van der Waals surface area contributed by atoms with Crippen molar-refractivity contribution in [2.75, 3.05) is 32.7 Å². The van der Waals surface area contributed by atoms with Crippen LogP contribution in [0.2, 0.25) is 0 Å². The molecule has 0 spiro atoms. The van der Waals surface area contributed by atoms with Crippen LogP contribution in [0, 0.1) is 17.5 Å². The van der Waals surface area contributed by atoms with E-state index in [-0.39, 0.29) is 31.1 Å². The number of aliphatic hydroxyl groups excluding tert-OH is 1. The molecule has 4 aromatic rings. The van der Waals surface area contributed by atoms with E-state index in [0.717, 1.165) is 12.1 Å². The highest BCUT2D eigenvalue weighted by Crippen LogP contribution is 2.52. The predicted molar refractivity (Wildman–Crippen MR) is 166 cm³/mol. The van der Waals surface area contributed by atoms with Gasteiger partial charge in [0.25, 0.3) is 0 Å². The first-order valence-electron chi connectivity index (χ1n) is 15.1. The molecule has 2 saturated heterocycles. The first kappa shape index (κ1) is 34.4. The van der Waals surface area contributed by atoms with Gasteiger partial charge in [-0.3, -0.25) is 9.59 Å². The minimum absolute atomic E-state index is 0.0202. The maximum absolute atomic E-state index is 14.0. The second-order valence-electron chi connectivity index (χ2n) is 11.6. The minimum Gasteiger partial charge on any atom is -0.465 e. The van der Waals surface area contributed by atoms with Gasteiger partial charge in [0.2, 0.25) is 0 Å². The number of hydrogen-bond acceptors (Lipinski definition) is 13. The van der Waals surface area contributed by atoms with E-state index in [1.165, 1.54) is 42.8 Å². The van der Waals surface area contributed by atoms with Gasteiger partial charge in [-0.25, -0.2) is 43.4 Å². The Morgan fingerprint density at radius 1 is 0.980 bits per heavy atom. The average molecular weight is 707 g/mol. The molecule has 2 fully saturated rings. The fourth-order valence-electron chi connectivity index (χ4n) is 6.28. The fraction of sp³-hybridized carbons (Fsp3) is 0.467. The van der Waals surface area contributed by atoms with Gasteiger partial charge < -0.3 is 24.1 Å². The van der Waals surface area contributed by atoms with Gasteiger partial charge in [0.1, 0.15) is 42.5 Å². The van der Waals surface area contributed by atoms with Crippen molar-refractivity contribution in [1.82, 2.24) is 40.0 Å². The number of halogens is 3. The summed E-state index contributed by atoms with van der Waals surface area (Å²) in [5.41, 5.74) is 1.09. The lowest BCUT2D eigenvalue weighted by molar-refractivity contribution is -0.154. The topological polar surface area (TPSA) is 178 Å². The van der Waals surface area contributed by atoms with Gasteiger partial charge in [0.15, 0.2) is 17.5 Å². The first-order valence-corrected chi connectivity index (χ1v) is 16.8. The lowest BCUT2D eigenvalue weighted by atomic mass is 10.0. The maximum Gasteiger partial charge on any atom is 0.303 e. The van der Waals surface area contributed by atoms with Crippen LogP contribution in [0.5, 0.6) is 0 Å². The van der Waals surface area contributed by atoms with E-state index in [4.69, 9.17) is 18.9 Å². The third kappa shape index (κ3) is 7.15. The molecule has 49 heavy (non-hydrogen) atoms. The second kappa shape index (κ2) is 14.6. The van der Waals surface area contributed by atoms with E-state index in [1.807, 2.05) is 0 Å². The molecule has 262 valence electrons. The third-order valence-electron chi connectivity index (χ3n) is 8.57. The number of thiol groups is 1. The Hall–Kier alpha value is -4.46. The van der Waals surface area contributed by atoms with Crippen molar-refractivity contribution < 1.29 is 46.8 Å². The quantitative estimate of drug-likeness (QED) is 0.147. The average Bonchev–Trinajstić information content (AvgIpc) is 3.77. The van der Waals surface area contributed by atoms with Gasteiger partial charge in [-0.15, -0.1) is 10.2 Å². The summed E-state index contributed by atoms with van der Waals surface area (Å²) in [5.74, 6) is -5.31. The van der Waals surface area contributed by atoms with Crippen LogP contribution in [-0.4, -0.2) is 118 Å². The van der Waals surface area contributed by atoms with E-state index in [9.17, 15) is 27.9 Å². The molecule has 0 saturated carbocycles. The summed E-state index contributed by atoms with van der Waals surface area (Å²) < 4.78 is 68.0. The predicted octanol–water partition coefficient (Wildman–Crippen LogP) is 1.85. The Labute approximate surface area is 280 Å². The smallest absolute Gasteiger partial charge is 0.303 e. The molecule has 15 nitrogen and oxygen atoms in total. The molecule has 3 aromatic heterocycles. The maximum atomic E-state index is 14.0. The molecule has 8 atom stereocenters. The largest absolute Gasteiger partial charge is 0.465 e. The van der Waals surface area contributed by atoms with Crippen LogP contribution in [0.25, 0.3) is 22.5 Å². The summed E-state index contributed by atoms with van der Waals surface area (Å²) in [6.07, 6.45) is 4.90. The van der Waals surface area contributed by atoms with Gasteiger partial charge in [-0.1, -0.05) is 10.4 Å². The SMILES string of the molecule is CO[C@H]1C[SH]([C@@H]2COC[C@H](n3cc(-c4cncnc4)nn3)[C@H]2O)[C@H](COC(C)=O)[C@H](OC(C)=O)[C@H]1n1cc(-c2cc(F)c(F)c(F)c2)nn1. The minimum atomic E-state index is -1.62. The normalized spacial score (nSPS) is 27.8. The summed E-state index contributed by atoms with van der Waals surface area (Å²) in [7, 11) is 0.0670. The van der Waals surface area contributed by atoms with Crippen molar-refractivity contribution in [2.45, 2.75) is 54.7 Å². The van der Waals surface area contributed by atoms with Gasteiger partial charge in [-0.2, -0.15) is 0 Å². The monoisotopic (exact) mass is 706 g/mol. The number of esters is 2. The van der Waals surface area contributed by atoms with Crippen LogP contribution in [0.4, 0.5) is 13.2 Å². The molecule has 5 heterocycles. The summed E-state index contributed by atoms with van der Waals surface area (Å²) in [5, 5.41) is 27.3. The number of nitrogens with zero attached hydrogens (tertiary/aromatic N) is 8. The van der Waals surface area contributed by atoms with Gasteiger partial charge in [0.05, 0.1) is 43.1 Å². The van der Waals surface area contributed by atoms with E-state index >= 15 is 0 Å². The number of benzene rings is 1. The highest BCUT2D eigenvalue weighted by atomic mass is 32.2. The Morgan fingerprint density at radius 2 is 1.63 bits per heavy atom. The van der Waals surface area contributed by atoms with Gasteiger partial charge >= 0.3 is 11.9 Å². The number of carbonyl (C=O) groups excluding carboxylic acids is 2. The number of aromatic nitrogens is 8. The van der Waals surface area contributed by atoms with Crippen molar-refractivity contribution in [3.8, 4) is 22.5 Å². The second-order valence-corrected chi connectivity index (χ2v) is 14.3. The fourth-order valence-corrected chi connectivity index (χ4v) is 9.86. The zero-order valence-electron chi connectivity index (χ0n) is 26.5. The molecule has 2 aliphatic heterocycles. The molecular formula is C30H33F3N8O7S. The molecule has 6 rings (SSSR count). The van der Waals surface area contributed by atoms with E-state index < -0.39 is 81.2 Å². The van der Waals surface area contributed by atoms with Crippen LogP contribution in [0.1, 0.15) is 25.9 Å². The zero-order valence-corrected chi connectivity index (χ0v) is 27.4. The van der Waals surface area contributed by atoms with Crippen molar-refractivity contribution >= 4 is 22.8 Å². The molecule has 1 aromatic carbocycles. The number of hydrogen-bond donors (Lipinski definition) is 2. The van der Waals surface area contributed by atoms with Crippen LogP contribution in [0.15, 0.2) is 43.2 Å². The summed E-state index contributed by atoms with van der Waals surface area (Å²) >= 11 is 0. The number of carbonyl (C=O) groups is 2. The molecule has 1 N–H and O–H groups in total. The van der Waals surface area contributed by atoms with E-state index in [2.05, 4.69) is 30.6 Å². The third-order valence-corrected chi connectivity index (χ3v) is 12.0. The lowest BCUT2D eigenvalue weighted by Crippen LogP contribution is -2.57. The van der Waals surface area contributed by atoms with E-state index in [1.54, 1.807) is 18.6 Å². The van der Waals surface area contributed by atoms with Crippen LogP contribution in [-0.2, 0) is 28.5 Å². The number of methoxy groups -OCH3 is 1. The Morgan fingerprint density at radius 3 is 2.29 bits per heavy atom. The van der Waals surface area contributed by atoms with Gasteiger partial charge in [-0.05, 0) is 12.1 Å². The lowest BCUT2D eigenvalue weighted by Gasteiger charge is -2.52. The van der Waals surface area contributed by atoms with Crippen LogP contribution < -0.4 is 0 Å². The molecule has 1 unspecified atom stereocenters. The Balaban J connectivity index is 1.34. The highest BCUT2D eigenvalue weighted by molar-refractivity contribution is 8.18. The standard InChI is InChI=1S/C30H33F3N8O7S/c1-15(42)47-12-26-30(48-16(2)43)28(41-9-21(36-39-41)17-4-19(31)27(33)20(32)5-17)24(45-3)13-49(26)25-11-46-10-23(29(25)44)40-8-22(37-38-40)18-6-34-14-35-7-18/h4-9,14,23-26,28-30,44,49H,10-13H2,1-3H3/t23-,24-,25+,26+,28-,29+,30-/m0/s1. The molecule has 2 aliphatic rings. The number of ether oxygens (including phenoxy) is 4.